The molecule has 0 bridgehead atoms. The van der Waals surface area contributed by atoms with Crippen molar-refractivity contribution in [1.82, 2.24) is 0 Å². The number of carbonyl (C=O) groups is 2. The Morgan fingerprint density at radius 3 is 1.74 bits per heavy atom. The molecule has 0 spiro atoms. The molecule has 4 nitrogen and oxygen atoms in total. The summed E-state index contributed by atoms with van der Waals surface area (Å²) in [4.78, 5) is 22.5. The number of carbonyl (C=O) groups excluding carboxylic acids is 2. The van der Waals surface area contributed by atoms with Crippen molar-refractivity contribution >= 4 is 34.2 Å². The summed E-state index contributed by atoms with van der Waals surface area (Å²) in [6.45, 7) is 6.56. The fraction of sp³-hybridized carbons (Fsp3) is 0.263. The van der Waals surface area contributed by atoms with E-state index < -0.39 is 0 Å². The number of halogens is 2. The van der Waals surface area contributed by atoms with Crippen molar-refractivity contribution in [3.8, 4) is 0 Å². The van der Waals surface area contributed by atoms with E-state index >= 15 is 0 Å². The molecule has 146 valence electrons. The first-order valence-corrected chi connectivity index (χ1v) is 9.68. The Morgan fingerprint density at radius 2 is 1.33 bits per heavy atom. The molecule has 0 aliphatic rings. The molecule has 1 aromatic carbocycles. The smallest absolute Gasteiger partial charge is 0.234 e. The van der Waals surface area contributed by atoms with Gasteiger partial charge in [0.05, 0.1) is 10.8 Å². The number of ketones is 2. The number of benzene rings is 1. The third kappa shape index (κ3) is 8.55. The van der Waals surface area contributed by atoms with Crippen molar-refractivity contribution in [2.75, 3.05) is 0 Å². The highest BCUT2D eigenvalue weighted by Gasteiger charge is 2.14. The molecule has 3 aromatic rings. The van der Waals surface area contributed by atoms with Crippen LogP contribution in [0.15, 0.2) is 53.5 Å². The Morgan fingerprint density at radius 1 is 0.852 bits per heavy atom. The molecule has 3 rings (SSSR count). The second-order valence-corrected chi connectivity index (χ2v) is 7.79. The van der Waals surface area contributed by atoms with Gasteiger partial charge in [-0.15, -0.1) is 0 Å². The third-order valence-electron chi connectivity index (χ3n) is 3.57. The van der Waals surface area contributed by atoms with Crippen LogP contribution < -0.4 is 43.1 Å². The molecule has 0 fully saturated rings. The van der Waals surface area contributed by atoms with Gasteiger partial charge in [-0.1, -0.05) is 53.0 Å². The number of Topliss-reactive ketones (excluding diaryl/α,β-unsaturated/α-hetero) is 2. The monoisotopic (exact) mass is 532 g/mol. The van der Waals surface area contributed by atoms with E-state index in [1.165, 1.54) is 5.01 Å². The molecule has 0 radical (unpaired) electrons. The van der Waals surface area contributed by atoms with Crippen LogP contribution in [-0.2, 0) is 17.9 Å². The van der Waals surface area contributed by atoms with Gasteiger partial charge < -0.3 is 34.0 Å². The summed E-state index contributed by atoms with van der Waals surface area (Å²) < 4.78 is 3.92. The van der Waals surface area contributed by atoms with Gasteiger partial charge in [-0.2, -0.15) is 9.13 Å². The van der Waals surface area contributed by atoms with Crippen molar-refractivity contribution in [2.24, 2.45) is 0 Å². The predicted molar refractivity (Wildman–Crippen MR) is 100.0 cm³/mol. The lowest BCUT2D eigenvalue weighted by molar-refractivity contribution is -0.685. The summed E-state index contributed by atoms with van der Waals surface area (Å²) in [5, 5.41) is 6.31. The van der Waals surface area contributed by atoms with Gasteiger partial charge in [0.15, 0.2) is 18.2 Å². The van der Waals surface area contributed by atoms with E-state index in [0.29, 0.717) is 13.1 Å². The van der Waals surface area contributed by atoms with Gasteiger partial charge in [-0.05, 0) is 0 Å². The first-order valence-electron chi connectivity index (χ1n) is 7.92. The van der Waals surface area contributed by atoms with Crippen molar-refractivity contribution in [3.63, 3.8) is 0 Å². The molecule has 0 saturated carbocycles. The van der Waals surface area contributed by atoms with Crippen LogP contribution in [0.5, 0.6) is 0 Å². The molecular formula is C19H22Br2N2O2S2. The van der Waals surface area contributed by atoms with Crippen LogP contribution in [0.4, 0.5) is 0 Å². The normalized spacial score (nSPS) is 9.30. The van der Waals surface area contributed by atoms with Crippen LogP contribution >= 0.6 is 22.7 Å². The zero-order valence-electron chi connectivity index (χ0n) is 15.4. The minimum Gasteiger partial charge on any atom is -1.00 e. The summed E-state index contributed by atoms with van der Waals surface area (Å²) in [6.07, 6.45) is 3.88. The predicted octanol–water partition coefficient (Wildman–Crippen LogP) is -2.83. The highest BCUT2D eigenvalue weighted by atomic mass is 79.9. The fourth-order valence-electron chi connectivity index (χ4n) is 2.19. The number of nitrogens with zero attached hydrogens (tertiary/aromatic N) is 2. The van der Waals surface area contributed by atoms with Gasteiger partial charge in [0.25, 0.3) is 0 Å². The zero-order chi connectivity index (χ0) is 18.2. The molecule has 0 unspecified atom stereocenters. The second kappa shape index (κ2) is 13.0. The fourth-order valence-corrected chi connectivity index (χ4v) is 3.52. The van der Waals surface area contributed by atoms with Crippen molar-refractivity contribution in [3.05, 3.63) is 69.1 Å². The van der Waals surface area contributed by atoms with E-state index in [-0.39, 0.29) is 45.5 Å². The van der Waals surface area contributed by atoms with Crippen molar-refractivity contribution in [1.29, 1.82) is 0 Å². The van der Waals surface area contributed by atoms with E-state index in [0.717, 1.165) is 10.6 Å². The minimum absolute atomic E-state index is 0. The topological polar surface area (TPSA) is 41.9 Å². The summed E-state index contributed by atoms with van der Waals surface area (Å²) in [6, 6.07) is 9.39. The number of rotatable bonds is 5. The van der Waals surface area contributed by atoms with Gasteiger partial charge in [0, 0.05) is 26.3 Å². The van der Waals surface area contributed by atoms with E-state index in [1.807, 2.05) is 76.5 Å². The molecule has 0 amide bonds. The van der Waals surface area contributed by atoms with Gasteiger partial charge >= 0.3 is 0 Å². The third-order valence-corrected chi connectivity index (χ3v) is 5.24. The van der Waals surface area contributed by atoms with Gasteiger partial charge in [0.2, 0.25) is 28.9 Å². The molecular weight excluding hydrogens is 512 g/mol. The number of aryl methyl sites for hydroxylation is 2. The highest BCUT2D eigenvalue weighted by Crippen LogP contribution is 2.03. The maximum atomic E-state index is 11.8. The summed E-state index contributed by atoms with van der Waals surface area (Å²) in [5.74, 6) is 0.355. The lowest BCUT2D eigenvalue weighted by Crippen LogP contribution is -3.00. The van der Waals surface area contributed by atoms with Crippen LogP contribution in [0, 0.1) is 13.8 Å². The Bertz CT molecular complexity index is 848. The molecule has 0 aliphatic carbocycles. The molecule has 0 saturated heterocycles. The molecule has 0 N–H and O–H groups in total. The van der Waals surface area contributed by atoms with Crippen LogP contribution in [0.2, 0.25) is 0 Å². The lowest BCUT2D eigenvalue weighted by Gasteiger charge is -1.96. The van der Waals surface area contributed by atoms with Crippen LogP contribution in [0.1, 0.15) is 27.3 Å². The standard InChI is InChI=1S/C12H12NOS.C7H10NOS.2BrH/c1-10-13(7-8-15-10)9-12(14)11-5-3-2-4-6-11;1-6(9)5-8-3-4-10-7(8)2;;/h2-8H,9H2,1H3;3-4H,5H2,1-2H3;2*1H/q2*+1;;/p-2. The van der Waals surface area contributed by atoms with E-state index in [2.05, 4.69) is 0 Å². The number of thiazole rings is 2. The minimum atomic E-state index is 0. The summed E-state index contributed by atoms with van der Waals surface area (Å²) in [7, 11) is 0. The molecule has 0 atom stereocenters. The number of hydrogen-bond acceptors (Lipinski definition) is 4. The Kier molecular flexibility index (Phi) is 12.5. The average molecular weight is 534 g/mol. The summed E-state index contributed by atoms with van der Waals surface area (Å²) >= 11 is 3.31. The molecule has 8 heteroatoms. The largest absolute Gasteiger partial charge is 1.00 e. The van der Waals surface area contributed by atoms with Crippen LogP contribution in [0.3, 0.4) is 0 Å². The average Bonchev–Trinajstić information content (AvgIpc) is 3.17. The number of hydrogen-bond donors (Lipinski definition) is 0. The second-order valence-electron chi connectivity index (χ2n) is 5.59. The lowest BCUT2D eigenvalue weighted by atomic mass is 10.1. The van der Waals surface area contributed by atoms with Gasteiger partial charge in [-0.3, -0.25) is 9.59 Å². The highest BCUT2D eigenvalue weighted by molar-refractivity contribution is 7.09. The van der Waals surface area contributed by atoms with E-state index in [4.69, 9.17) is 0 Å². The van der Waals surface area contributed by atoms with Crippen LogP contribution in [-0.4, -0.2) is 11.6 Å². The molecule has 0 aliphatic heterocycles. The number of aromatic nitrogens is 2. The zero-order valence-corrected chi connectivity index (χ0v) is 20.2. The molecule has 2 heterocycles. The van der Waals surface area contributed by atoms with E-state index in [1.54, 1.807) is 29.6 Å². The first-order chi connectivity index (χ1) is 12.0. The van der Waals surface area contributed by atoms with Crippen molar-refractivity contribution in [2.45, 2.75) is 33.9 Å². The SMILES string of the molecule is CC(=O)C[n+]1ccsc1C.Cc1scc[n+]1CC(=O)c1ccccc1.[Br-].[Br-]. The first kappa shape index (κ1) is 25.8. The Hall–Kier alpha value is -1.22. The van der Waals surface area contributed by atoms with E-state index in [9.17, 15) is 9.59 Å². The summed E-state index contributed by atoms with van der Waals surface area (Å²) in [5.41, 5.74) is 0.774. The van der Waals surface area contributed by atoms with Gasteiger partial charge in [0.1, 0.15) is 0 Å². The molecule has 2 aromatic heterocycles. The van der Waals surface area contributed by atoms with Gasteiger partial charge in [-0.25, -0.2) is 0 Å². The van der Waals surface area contributed by atoms with Crippen LogP contribution in [0.25, 0.3) is 0 Å². The Labute approximate surface area is 189 Å². The van der Waals surface area contributed by atoms with Crippen molar-refractivity contribution < 1.29 is 52.7 Å². The maximum Gasteiger partial charge on any atom is 0.234 e. The Balaban J connectivity index is 0.000000500. The maximum absolute atomic E-state index is 11.8. The quantitative estimate of drug-likeness (QED) is 0.262. The molecule has 27 heavy (non-hydrogen) atoms.